The van der Waals surface area contributed by atoms with Gasteiger partial charge in [-0.15, -0.1) is 6.58 Å². The average Bonchev–Trinajstić information content (AvgIpc) is 2.75. The van der Waals surface area contributed by atoms with Crippen molar-refractivity contribution >= 4 is 40.2 Å². The SMILES string of the molecule is C=CCn1c(SCC(=O)N(C)Cc2ccc(OC(F)F)cc2)nc2cc(Cl)ccc2c1=O. The second-order valence-electron chi connectivity index (χ2n) is 6.82. The van der Waals surface area contributed by atoms with E-state index in [0.717, 1.165) is 17.3 Å². The zero-order valence-corrected chi connectivity index (χ0v) is 18.7. The van der Waals surface area contributed by atoms with Crippen LogP contribution in [0, 0.1) is 0 Å². The summed E-state index contributed by atoms with van der Waals surface area (Å²) in [6.45, 7) is 1.33. The fraction of sp³-hybridized carbons (Fsp3) is 0.227. The molecule has 0 N–H and O–H groups in total. The van der Waals surface area contributed by atoms with E-state index in [1.165, 1.54) is 21.6 Å². The van der Waals surface area contributed by atoms with Crippen molar-refractivity contribution in [3.8, 4) is 5.75 Å². The molecule has 6 nitrogen and oxygen atoms in total. The lowest BCUT2D eigenvalue weighted by Crippen LogP contribution is -2.28. The Kier molecular flexibility index (Phi) is 7.87. The summed E-state index contributed by atoms with van der Waals surface area (Å²) in [5.41, 5.74) is 0.979. The van der Waals surface area contributed by atoms with Gasteiger partial charge in [0.1, 0.15) is 5.75 Å². The van der Waals surface area contributed by atoms with Crippen LogP contribution < -0.4 is 10.3 Å². The summed E-state index contributed by atoms with van der Waals surface area (Å²) in [5.74, 6) is -0.0805. The highest BCUT2D eigenvalue weighted by atomic mass is 35.5. The molecule has 0 bridgehead atoms. The van der Waals surface area contributed by atoms with Crippen molar-refractivity contribution < 1.29 is 18.3 Å². The lowest BCUT2D eigenvalue weighted by Gasteiger charge is -2.18. The van der Waals surface area contributed by atoms with Crippen LogP contribution in [-0.2, 0) is 17.9 Å². The number of halogens is 3. The van der Waals surface area contributed by atoms with Gasteiger partial charge < -0.3 is 9.64 Å². The zero-order chi connectivity index (χ0) is 23.3. The van der Waals surface area contributed by atoms with E-state index in [1.807, 2.05) is 0 Å². The second-order valence-corrected chi connectivity index (χ2v) is 8.20. The molecule has 1 aromatic heterocycles. The Morgan fingerprint density at radius 2 is 2.03 bits per heavy atom. The van der Waals surface area contributed by atoms with Crippen molar-refractivity contribution in [3.63, 3.8) is 0 Å². The van der Waals surface area contributed by atoms with E-state index in [0.29, 0.717) is 21.1 Å². The largest absolute Gasteiger partial charge is 0.435 e. The third-order valence-electron chi connectivity index (χ3n) is 4.51. The maximum absolute atomic E-state index is 12.8. The molecular formula is C22H20ClF2N3O3S. The minimum absolute atomic E-state index is 0.0518. The van der Waals surface area contributed by atoms with Crippen LogP contribution in [0.15, 0.2) is 65.1 Å². The molecule has 0 saturated carbocycles. The van der Waals surface area contributed by atoms with Crippen LogP contribution in [0.3, 0.4) is 0 Å². The van der Waals surface area contributed by atoms with Gasteiger partial charge in [0, 0.05) is 25.2 Å². The number of thioether (sulfide) groups is 1. The molecule has 1 heterocycles. The molecule has 3 rings (SSSR count). The molecule has 0 radical (unpaired) electrons. The molecule has 32 heavy (non-hydrogen) atoms. The third-order valence-corrected chi connectivity index (χ3v) is 5.71. The Morgan fingerprint density at radius 1 is 1.31 bits per heavy atom. The molecule has 0 saturated heterocycles. The highest BCUT2D eigenvalue weighted by molar-refractivity contribution is 7.99. The van der Waals surface area contributed by atoms with Crippen molar-refractivity contribution in [1.82, 2.24) is 14.5 Å². The molecule has 0 spiro atoms. The monoisotopic (exact) mass is 479 g/mol. The summed E-state index contributed by atoms with van der Waals surface area (Å²) >= 11 is 7.17. The predicted octanol–water partition coefficient (Wildman–Crippen LogP) is 4.59. The van der Waals surface area contributed by atoms with Gasteiger partial charge in [-0.3, -0.25) is 14.2 Å². The number of benzene rings is 2. The van der Waals surface area contributed by atoms with E-state index >= 15 is 0 Å². The molecule has 0 fully saturated rings. The summed E-state index contributed by atoms with van der Waals surface area (Å²) in [4.78, 5) is 31.5. The molecule has 10 heteroatoms. The topological polar surface area (TPSA) is 64.4 Å². The summed E-state index contributed by atoms with van der Waals surface area (Å²) in [7, 11) is 1.64. The lowest BCUT2D eigenvalue weighted by atomic mass is 10.2. The van der Waals surface area contributed by atoms with Gasteiger partial charge >= 0.3 is 6.61 Å². The van der Waals surface area contributed by atoms with Crippen LogP contribution in [0.4, 0.5) is 8.78 Å². The molecular weight excluding hydrogens is 460 g/mol. The number of ether oxygens (including phenoxy) is 1. The number of alkyl halides is 2. The van der Waals surface area contributed by atoms with E-state index in [-0.39, 0.29) is 36.1 Å². The number of carbonyl (C=O) groups is 1. The van der Waals surface area contributed by atoms with Crippen molar-refractivity contribution in [2.75, 3.05) is 12.8 Å². The van der Waals surface area contributed by atoms with Crippen LogP contribution in [0.1, 0.15) is 5.56 Å². The Labute approximate surface area is 192 Å². The molecule has 0 aliphatic rings. The van der Waals surface area contributed by atoms with Gasteiger partial charge in [0.2, 0.25) is 5.91 Å². The number of carbonyl (C=O) groups excluding carboxylic acids is 1. The van der Waals surface area contributed by atoms with Crippen LogP contribution in [0.25, 0.3) is 10.9 Å². The van der Waals surface area contributed by atoms with Crippen molar-refractivity contribution in [2.24, 2.45) is 0 Å². The predicted molar refractivity (Wildman–Crippen MR) is 121 cm³/mol. The molecule has 0 atom stereocenters. The van der Waals surface area contributed by atoms with E-state index in [4.69, 9.17) is 11.6 Å². The molecule has 1 amide bonds. The number of aromatic nitrogens is 2. The Bertz CT molecular complexity index is 1190. The Balaban J connectivity index is 1.71. The molecule has 0 aliphatic carbocycles. The standard InChI is InChI=1S/C22H20ClF2N3O3S/c1-3-10-28-20(30)17-9-6-15(23)11-18(17)26-22(28)32-13-19(29)27(2)12-14-4-7-16(8-5-14)31-21(24)25/h3-9,11,21H,1,10,12-13H2,2H3. The summed E-state index contributed by atoms with van der Waals surface area (Å²) in [5, 5.41) is 1.28. The Hall–Kier alpha value is -2.91. The van der Waals surface area contributed by atoms with Crippen LogP contribution in [0.2, 0.25) is 5.02 Å². The van der Waals surface area contributed by atoms with E-state index in [1.54, 1.807) is 43.5 Å². The summed E-state index contributed by atoms with van der Waals surface area (Å²) in [6.07, 6.45) is 1.59. The first-order valence-corrected chi connectivity index (χ1v) is 10.9. The number of amides is 1. The average molecular weight is 480 g/mol. The van der Waals surface area contributed by atoms with Gasteiger partial charge in [-0.25, -0.2) is 4.98 Å². The van der Waals surface area contributed by atoms with Crippen molar-refractivity contribution in [1.29, 1.82) is 0 Å². The first kappa shape index (κ1) is 23.7. The van der Waals surface area contributed by atoms with Gasteiger partial charge in [0.05, 0.1) is 16.7 Å². The van der Waals surface area contributed by atoms with E-state index in [2.05, 4.69) is 16.3 Å². The summed E-state index contributed by atoms with van der Waals surface area (Å²) in [6, 6.07) is 10.9. The molecule has 0 unspecified atom stereocenters. The number of allylic oxidation sites excluding steroid dienone is 1. The number of hydrogen-bond donors (Lipinski definition) is 0. The molecule has 2 aromatic carbocycles. The van der Waals surface area contributed by atoms with Crippen molar-refractivity contribution in [2.45, 2.75) is 24.9 Å². The van der Waals surface area contributed by atoms with Gasteiger partial charge in [-0.2, -0.15) is 8.78 Å². The number of nitrogens with zero attached hydrogens (tertiary/aromatic N) is 3. The summed E-state index contributed by atoms with van der Waals surface area (Å²) < 4.78 is 30.3. The maximum Gasteiger partial charge on any atom is 0.387 e. The first-order chi connectivity index (χ1) is 15.3. The first-order valence-electron chi connectivity index (χ1n) is 9.50. The zero-order valence-electron chi connectivity index (χ0n) is 17.1. The lowest BCUT2D eigenvalue weighted by molar-refractivity contribution is -0.127. The minimum atomic E-state index is -2.89. The Morgan fingerprint density at radius 3 is 2.69 bits per heavy atom. The van der Waals surface area contributed by atoms with Gasteiger partial charge in [-0.1, -0.05) is 41.6 Å². The van der Waals surface area contributed by atoms with Crippen LogP contribution in [0.5, 0.6) is 5.75 Å². The number of fused-ring (bicyclic) bond motifs is 1. The molecule has 0 aliphatic heterocycles. The van der Waals surface area contributed by atoms with Crippen molar-refractivity contribution in [3.05, 3.63) is 76.1 Å². The quantitative estimate of drug-likeness (QED) is 0.255. The highest BCUT2D eigenvalue weighted by Gasteiger charge is 2.15. The normalized spacial score (nSPS) is 11.0. The fourth-order valence-electron chi connectivity index (χ4n) is 2.95. The minimum Gasteiger partial charge on any atom is -0.435 e. The van der Waals surface area contributed by atoms with Gasteiger partial charge in [0.25, 0.3) is 5.56 Å². The van der Waals surface area contributed by atoms with Gasteiger partial charge in [-0.05, 0) is 35.9 Å². The van der Waals surface area contributed by atoms with E-state index in [9.17, 15) is 18.4 Å². The number of rotatable bonds is 9. The highest BCUT2D eigenvalue weighted by Crippen LogP contribution is 2.21. The van der Waals surface area contributed by atoms with Gasteiger partial charge in [0.15, 0.2) is 5.16 Å². The molecule has 168 valence electrons. The van der Waals surface area contributed by atoms with Crippen LogP contribution in [-0.4, -0.2) is 39.8 Å². The number of hydrogen-bond acceptors (Lipinski definition) is 5. The third kappa shape index (κ3) is 5.86. The molecule has 3 aromatic rings. The second kappa shape index (κ2) is 10.6. The van der Waals surface area contributed by atoms with Crippen LogP contribution >= 0.6 is 23.4 Å². The fourth-order valence-corrected chi connectivity index (χ4v) is 4.06. The smallest absolute Gasteiger partial charge is 0.387 e. The van der Waals surface area contributed by atoms with E-state index < -0.39 is 6.61 Å². The maximum atomic E-state index is 12.8.